The lowest BCUT2D eigenvalue weighted by Crippen LogP contribution is -2.41. The molecule has 1 amide bonds. The number of carbonyl (C=O) groups is 1. The summed E-state index contributed by atoms with van der Waals surface area (Å²) in [6, 6.07) is 14.0. The van der Waals surface area contributed by atoms with Gasteiger partial charge in [-0.1, -0.05) is 30.3 Å². The van der Waals surface area contributed by atoms with E-state index in [1.54, 1.807) is 0 Å². The summed E-state index contributed by atoms with van der Waals surface area (Å²) < 4.78 is 0. The fourth-order valence-corrected chi connectivity index (χ4v) is 2.58. The molecule has 2 aromatic carbocycles. The number of anilines is 1. The molecule has 102 valence electrons. The second kappa shape index (κ2) is 4.98. The van der Waals surface area contributed by atoms with Gasteiger partial charge in [0.1, 0.15) is 6.04 Å². The van der Waals surface area contributed by atoms with Crippen LogP contribution in [0.1, 0.15) is 11.1 Å². The molecule has 5 N–H and O–H groups in total. The second-order valence-corrected chi connectivity index (χ2v) is 5.10. The molecule has 1 aliphatic carbocycles. The average Bonchev–Trinajstić information content (AvgIpc) is 2.82. The first-order valence-electron chi connectivity index (χ1n) is 6.65. The van der Waals surface area contributed by atoms with Crippen molar-refractivity contribution in [2.24, 2.45) is 11.5 Å². The van der Waals surface area contributed by atoms with E-state index in [9.17, 15) is 4.79 Å². The summed E-state index contributed by atoms with van der Waals surface area (Å²) in [5, 5.41) is 3.16. The fourth-order valence-electron chi connectivity index (χ4n) is 2.58. The molecule has 0 aromatic heterocycles. The zero-order chi connectivity index (χ0) is 14.1. The van der Waals surface area contributed by atoms with Crippen molar-refractivity contribution in [3.05, 3.63) is 53.6 Å². The van der Waals surface area contributed by atoms with Gasteiger partial charge in [0.15, 0.2) is 0 Å². The fraction of sp³-hybridized carbons (Fsp3) is 0.188. The van der Waals surface area contributed by atoms with E-state index < -0.39 is 11.9 Å². The Balaban J connectivity index is 1.79. The van der Waals surface area contributed by atoms with Crippen molar-refractivity contribution in [3.8, 4) is 11.1 Å². The van der Waals surface area contributed by atoms with Crippen LogP contribution in [0.2, 0.25) is 0 Å². The van der Waals surface area contributed by atoms with Crippen molar-refractivity contribution in [2.75, 3.05) is 11.9 Å². The highest BCUT2D eigenvalue weighted by atomic mass is 16.1. The number of nitrogens with two attached hydrogens (primary N) is 2. The third-order valence-corrected chi connectivity index (χ3v) is 3.69. The van der Waals surface area contributed by atoms with Crippen LogP contribution in [0, 0.1) is 0 Å². The maximum Gasteiger partial charge on any atom is 0.236 e. The lowest BCUT2D eigenvalue weighted by Gasteiger charge is -2.11. The number of rotatable bonds is 4. The zero-order valence-electron chi connectivity index (χ0n) is 11.1. The first-order chi connectivity index (χ1) is 9.65. The molecule has 0 bridgehead atoms. The minimum Gasteiger partial charge on any atom is -0.383 e. The molecule has 2 aromatic rings. The Morgan fingerprint density at radius 1 is 1.15 bits per heavy atom. The van der Waals surface area contributed by atoms with Crippen molar-refractivity contribution in [1.29, 1.82) is 0 Å². The Morgan fingerprint density at radius 2 is 1.90 bits per heavy atom. The summed E-state index contributed by atoms with van der Waals surface area (Å²) in [4.78, 5) is 10.9. The molecule has 0 saturated heterocycles. The Kier molecular flexibility index (Phi) is 3.16. The molecule has 0 fully saturated rings. The van der Waals surface area contributed by atoms with Gasteiger partial charge in [-0.25, -0.2) is 0 Å². The number of fused-ring (bicyclic) bond motifs is 3. The van der Waals surface area contributed by atoms with Crippen molar-refractivity contribution < 1.29 is 4.79 Å². The Labute approximate surface area is 117 Å². The van der Waals surface area contributed by atoms with Crippen LogP contribution in [0.15, 0.2) is 42.5 Å². The van der Waals surface area contributed by atoms with Gasteiger partial charge >= 0.3 is 0 Å². The molecule has 0 heterocycles. The highest BCUT2D eigenvalue weighted by Crippen LogP contribution is 2.37. The Morgan fingerprint density at radius 3 is 2.70 bits per heavy atom. The van der Waals surface area contributed by atoms with Gasteiger partial charge in [0, 0.05) is 12.2 Å². The van der Waals surface area contributed by atoms with Gasteiger partial charge in [0.05, 0.1) is 0 Å². The lowest BCUT2D eigenvalue weighted by molar-refractivity contribution is -0.118. The normalized spacial score (nSPS) is 13.4. The van der Waals surface area contributed by atoms with Gasteiger partial charge in [-0.2, -0.15) is 0 Å². The Bertz CT molecular complexity index is 667. The zero-order valence-corrected chi connectivity index (χ0v) is 11.1. The van der Waals surface area contributed by atoms with Crippen LogP contribution in [0.4, 0.5) is 5.69 Å². The molecule has 1 aliphatic rings. The van der Waals surface area contributed by atoms with E-state index in [1.165, 1.54) is 22.3 Å². The third kappa shape index (κ3) is 2.26. The van der Waals surface area contributed by atoms with Crippen molar-refractivity contribution >= 4 is 11.6 Å². The van der Waals surface area contributed by atoms with Crippen molar-refractivity contribution in [2.45, 2.75) is 12.5 Å². The van der Waals surface area contributed by atoms with E-state index in [2.05, 4.69) is 41.7 Å². The molecule has 0 aliphatic heterocycles. The number of carbonyl (C=O) groups excluding carboxylic acids is 1. The molecular formula is C16H17N3O. The maximum absolute atomic E-state index is 10.9. The largest absolute Gasteiger partial charge is 0.383 e. The minimum atomic E-state index is -0.666. The highest BCUT2D eigenvalue weighted by Gasteiger charge is 2.18. The number of nitrogens with one attached hydrogen (secondary N) is 1. The summed E-state index contributed by atoms with van der Waals surface area (Å²) in [5.41, 5.74) is 17.0. The van der Waals surface area contributed by atoms with Gasteiger partial charge in [0.2, 0.25) is 5.91 Å². The molecule has 20 heavy (non-hydrogen) atoms. The predicted molar refractivity (Wildman–Crippen MR) is 80.3 cm³/mol. The standard InChI is InChI=1S/C16H17N3O/c17-15(16(18)20)9-19-12-5-6-14-11(8-12)7-10-3-1-2-4-13(10)14/h1-6,8,15,19H,7,9,17H2,(H2,18,20). The second-order valence-electron chi connectivity index (χ2n) is 5.10. The average molecular weight is 267 g/mol. The van der Waals surface area contributed by atoms with Gasteiger partial charge < -0.3 is 16.8 Å². The summed E-state index contributed by atoms with van der Waals surface area (Å²) in [7, 11) is 0. The SMILES string of the molecule is NC(=O)C(N)CNc1ccc2c(c1)Cc1ccccc1-2. The first kappa shape index (κ1) is 12.7. The van der Waals surface area contributed by atoms with Gasteiger partial charge in [-0.3, -0.25) is 4.79 Å². The minimum absolute atomic E-state index is 0.348. The lowest BCUT2D eigenvalue weighted by atomic mass is 10.1. The maximum atomic E-state index is 10.9. The molecule has 4 heteroatoms. The number of primary amides is 1. The van der Waals surface area contributed by atoms with Gasteiger partial charge in [-0.15, -0.1) is 0 Å². The summed E-state index contributed by atoms with van der Waals surface area (Å²) in [5.74, 6) is -0.494. The van der Waals surface area contributed by atoms with Crippen LogP contribution in [-0.4, -0.2) is 18.5 Å². The number of hydrogen-bond acceptors (Lipinski definition) is 3. The van der Waals surface area contributed by atoms with E-state index in [0.717, 1.165) is 12.1 Å². The molecule has 0 saturated carbocycles. The van der Waals surface area contributed by atoms with Gasteiger partial charge in [0.25, 0.3) is 0 Å². The third-order valence-electron chi connectivity index (χ3n) is 3.69. The van der Waals surface area contributed by atoms with Crippen LogP contribution < -0.4 is 16.8 Å². The molecule has 1 atom stereocenters. The monoisotopic (exact) mass is 267 g/mol. The topological polar surface area (TPSA) is 81.1 Å². The molecule has 0 spiro atoms. The first-order valence-corrected chi connectivity index (χ1v) is 6.65. The van der Waals surface area contributed by atoms with E-state index in [-0.39, 0.29) is 0 Å². The number of amides is 1. The smallest absolute Gasteiger partial charge is 0.236 e. The number of benzene rings is 2. The Hall–Kier alpha value is -2.33. The van der Waals surface area contributed by atoms with E-state index in [1.807, 2.05) is 6.07 Å². The van der Waals surface area contributed by atoms with Crippen LogP contribution in [-0.2, 0) is 11.2 Å². The van der Waals surface area contributed by atoms with E-state index in [0.29, 0.717) is 6.54 Å². The summed E-state index contributed by atoms with van der Waals surface area (Å²) in [6.45, 7) is 0.348. The van der Waals surface area contributed by atoms with E-state index in [4.69, 9.17) is 11.5 Å². The van der Waals surface area contributed by atoms with Crippen LogP contribution in [0.3, 0.4) is 0 Å². The summed E-state index contributed by atoms with van der Waals surface area (Å²) in [6.07, 6.45) is 0.947. The van der Waals surface area contributed by atoms with Crippen LogP contribution in [0.25, 0.3) is 11.1 Å². The van der Waals surface area contributed by atoms with Crippen LogP contribution >= 0.6 is 0 Å². The molecular weight excluding hydrogens is 250 g/mol. The molecule has 1 unspecified atom stereocenters. The number of hydrogen-bond donors (Lipinski definition) is 3. The molecule has 3 rings (SSSR count). The highest BCUT2D eigenvalue weighted by molar-refractivity contribution is 5.81. The van der Waals surface area contributed by atoms with Crippen molar-refractivity contribution in [3.63, 3.8) is 0 Å². The molecule has 0 radical (unpaired) electrons. The predicted octanol–water partition coefficient (Wildman–Crippen LogP) is 1.48. The summed E-state index contributed by atoms with van der Waals surface area (Å²) >= 11 is 0. The molecule has 4 nitrogen and oxygen atoms in total. The quantitative estimate of drug-likeness (QED) is 0.669. The van der Waals surface area contributed by atoms with Gasteiger partial charge in [-0.05, 0) is 40.8 Å². The van der Waals surface area contributed by atoms with Crippen molar-refractivity contribution in [1.82, 2.24) is 0 Å². The van der Waals surface area contributed by atoms with Crippen LogP contribution in [0.5, 0.6) is 0 Å². The van der Waals surface area contributed by atoms with E-state index >= 15 is 0 Å².